The molecule has 2 rings (SSSR count). The van der Waals surface area contributed by atoms with Crippen LogP contribution in [-0.2, 0) is 0 Å². The maximum absolute atomic E-state index is 5.94. The summed E-state index contributed by atoms with van der Waals surface area (Å²) in [7, 11) is 0. The fraction of sp³-hybridized carbons (Fsp3) is 0.333. The van der Waals surface area contributed by atoms with Crippen LogP contribution in [0.3, 0.4) is 0 Å². The number of hydrogen-bond acceptors (Lipinski definition) is 2. The van der Waals surface area contributed by atoms with E-state index < -0.39 is 0 Å². The van der Waals surface area contributed by atoms with Crippen molar-refractivity contribution < 1.29 is 4.74 Å². The summed E-state index contributed by atoms with van der Waals surface area (Å²) in [6.07, 6.45) is 0.865. The first-order valence-electron chi connectivity index (χ1n) is 4.06. The standard InChI is InChI=1S/C9H9ClINO/c10-5-3-6-8(12)1-2-13-9(6)7(11)4-5/h3-4,8H,1-2,12H2/t8-/m0/s1. The minimum atomic E-state index is 0.0657. The quantitative estimate of drug-likeness (QED) is 0.748. The lowest BCUT2D eigenvalue weighted by atomic mass is 10.0. The lowest BCUT2D eigenvalue weighted by Gasteiger charge is -2.24. The molecule has 4 heteroatoms. The number of benzene rings is 1. The molecule has 70 valence electrons. The topological polar surface area (TPSA) is 35.2 Å². The average Bonchev–Trinajstić information content (AvgIpc) is 2.07. The van der Waals surface area contributed by atoms with Crippen molar-refractivity contribution in [1.29, 1.82) is 0 Å². The van der Waals surface area contributed by atoms with Crippen LogP contribution in [-0.4, -0.2) is 6.61 Å². The third kappa shape index (κ3) is 1.78. The Morgan fingerprint density at radius 1 is 1.54 bits per heavy atom. The van der Waals surface area contributed by atoms with Crippen molar-refractivity contribution in [2.75, 3.05) is 6.61 Å². The number of nitrogens with two attached hydrogens (primary N) is 1. The predicted molar refractivity (Wildman–Crippen MR) is 61.2 cm³/mol. The maximum atomic E-state index is 5.94. The second kappa shape index (κ2) is 3.63. The van der Waals surface area contributed by atoms with E-state index in [9.17, 15) is 0 Å². The molecule has 0 saturated heterocycles. The van der Waals surface area contributed by atoms with Crippen LogP contribution in [0.15, 0.2) is 12.1 Å². The molecule has 0 aromatic heterocycles. The first-order chi connectivity index (χ1) is 6.18. The van der Waals surface area contributed by atoms with Crippen LogP contribution >= 0.6 is 34.2 Å². The van der Waals surface area contributed by atoms with E-state index in [0.29, 0.717) is 6.61 Å². The number of rotatable bonds is 0. The molecule has 2 nitrogen and oxygen atoms in total. The van der Waals surface area contributed by atoms with Crippen LogP contribution in [0.4, 0.5) is 0 Å². The molecule has 0 fully saturated rings. The zero-order chi connectivity index (χ0) is 9.42. The Balaban J connectivity index is 2.56. The Bertz CT molecular complexity index is 343. The van der Waals surface area contributed by atoms with Crippen molar-refractivity contribution in [3.63, 3.8) is 0 Å². The van der Waals surface area contributed by atoms with Gasteiger partial charge in [0, 0.05) is 23.0 Å². The Hall–Kier alpha value is -0.0000000000000000555. The summed E-state index contributed by atoms with van der Waals surface area (Å²) in [4.78, 5) is 0. The normalized spacial score (nSPS) is 20.7. The van der Waals surface area contributed by atoms with Crippen LogP contribution < -0.4 is 10.5 Å². The highest BCUT2D eigenvalue weighted by atomic mass is 127. The minimum absolute atomic E-state index is 0.0657. The molecule has 1 aliphatic rings. The maximum Gasteiger partial charge on any atom is 0.137 e. The van der Waals surface area contributed by atoms with E-state index in [1.54, 1.807) is 0 Å². The fourth-order valence-corrected chi connectivity index (χ4v) is 2.66. The first-order valence-corrected chi connectivity index (χ1v) is 5.51. The van der Waals surface area contributed by atoms with Gasteiger partial charge in [0.05, 0.1) is 10.2 Å². The molecule has 0 aliphatic carbocycles. The summed E-state index contributed by atoms with van der Waals surface area (Å²) >= 11 is 8.15. The smallest absolute Gasteiger partial charge is 0.137 e. The van der Waals surface area contributed by atoms with Crippen molar-refractivity contribution in [1.82, 2.24) is 0 Å². The van der Waals surface area contributed by atoms with Crippen molar-refractivity contribution >= 4 is 34.2 Å². The van der Waals surface area contributed by atoms with Gasteiger partial charge in [-0.15, -0.1) is 0 Å². The van der Waals surface area contributed by atoms with Gasteiger partial charge in [-0.05, 0) is 34.7 Å². The van der Waals surface area contributed by atoms with Crippen LogP contribution in [0.2, 0.25) is 5.02 Å². The third-order valence-electron chi connectivity index (χ3n) is 2.11. The molecule has 1 aromatic rings. The predicted octanol–water partition coefficient (Wildman–Crippen LogP) is 2.73. The molecule has 13 heavy (non-hydrogen) atoms. The summed E-state index contributed by atoms with van der Waals surface area (Å²) < 4.78 is 6.57. The molecule has 1 aromatic carbocycles. The molecule has 0 amide bonds. The molecule has 0 radical (unpaired) electrons. The first kappa shape index (κ1) is 9.55. The fourth-order valence-electron chi connectivity index (χ4n) is 1.45. The lowest BCUT2D eigenvalue weighted by molar-refractivity contribution is 0.267. The van der Waals surface area contributed by atoms with Crippen molar-refractivity contribution in [3.05, 3.63) is 26.3 Å². The highest BCUT2D eigenvalue weighted by molar-refractivity contribution is 14.1. The van der Waals surface area contributed by atoms with E-state index in [2.05, 4.69) is 22.6 Å². The molecule has 0 spiro atoms. The SMILES string of the molecule is N[C@H]1CCOc2c(I)cc(Cl)cc21. The van der Waals surface area contributed by atoms with Crippen molar-refractivity contribution in [2.24, 2.45) is 5.73 Å². The Morgan fingerprint density at radius 2 is 2.31 bits per heavy atom. The van der Waals surface area contributed by atoms with Crippen molar-refractivity contribution in [2.45, 2.75) is 12.5 Å². The van der Waals surface area contributed by atoms with Crippen LogP contribution in [0.1, 0.15) is 18.0 Å². The summed E-state index contributed by atoms with van der Waals surface area (Å²) in [6, 6.07) is 3.85. The Labute approximate surface area is 95.5 Å². The minimum Gasteiger partial charge on any atom is -0.492 e. The molecule has 1 heterocycles. The third-order valence-corrected chi connectivity index (χ3v) is 3.13. The van der Waals surface area contributed by atoms with E-state index in [-0.39, 0.29) is 6.04 Å². The highest BCUT2D eigenvalue weighted by Gasteiger charge is 2.20. The van der Waals surface area contributed by atoms with E-state index in [1.165, 1.54) is 0 Å². The van der Waals surface area contributed by atoms with Crippen LogP contribution in [0, 0.1) is 3.57 Å². The van der Waals surface area contributed by atoms with E-state index in [4.69, 9.17) is 22.1 Å². The zero-order valence-electron chi connectivity index (χ0n) is 6.89. The molecule has 0 saturated carbocycles. The van der Waals surface area contributed by atoms with Crippen molar-refractivity contribution in [3.8, 4) is 5.75 Å². The van der Waals surface area contributed by atoms with Gasteiger partial charge in [0.2, 0.25) is 0 Å². The van der Waals surface area contributed by atoms with Gasteiger partial charge in [-0.2, -0.15) is 0 Å². The average molecular weight is 310 g/mol. The molecule has 0 bridgehead atoms. The van der Waals surface area contributed by atoms with Gasteiger partial charge in [0.15, 0.2) is 0 Å². The number of fused-ring (bicyclic) bond motifs is 1. The van der Waals surface area contributed by atoms with E-state index in [1.807, 2.05) is 12.1 Å². The molecule has 1 atom stereocenters. The Kier molecular flexibility index (Phi) is 2.67. The van der Waals surface area contributed by atoms with Crippen LogP contribution in [0.25, 0.3) is 0 Å². The lowest BCUT2D eigenvalue weighted by Crippen LogP contribution is -2.21. The number of ether oxygens (including phenoxy) is 1. The van der Waals surface area contributed by atoms with Gasteiger partial charge in [-0.3, -0.25) is 0 Å². The largest absolute Gasteiger partial charge is 0.492 e. The van der Waals surface area contributed by atoms with Gasteiger partial charge in [0.25, 0.3) is 0 Å². The molecular formula is C9H9ClINO. The van der Waals surface area contributed by atoms with Gasteiger partial charge in [-0.25, -0.2) is 0 Å². The summed E-state index contributed by atoms with van der Waals surface area (Å²) in [6.45, 7) is 0.700. The number of hydrogen-bond donors (Lipinski definition) is 1. The summed E-state index contributed by atoms with van der Waals surface area (Å²) in [5.41, 5.74) is 6.97. The Morgan fingerprint density at radius 3 is 3.08 bits per heavy atom. The van der Waals surface area contributed by atoms with Gasteiger partial charge >= 0.3 is 0 Å². The van der Waals surface area contributed by atoms with Gasteiger partial charge in [-0.1, -0.05) is 11.6 Å². The summed E-state index contributed by atoms with van der Waals surface area (Å²) in [5.74, 6) is 0.906. The number of halogens is 2. The van der Waals surface area contributed by atoms with E-state index in [0.717, 1.165) is 26.3 Å². The molecule has 0 unspecified atom stereocenters. The zero-order valence-corrected chi connectivity index (χ0v) is 9.80. The monoisotopic (exact) mass is 309 g/mol. The summed E-state index contributed by atoms with van der Waals surface area (Å²) in [5, 5.41) is 0.726. The highest BCUT2D eigenvalue weighted by Crippen LogP contribution is 2.36. The second-order valence-corrected chi connectivity index (χ2v) is 4.65. The molecule has 1 aliphatic heterocycles. The van der Waals surface area contributed by atoms with Gasteiger partial charge in [0.1, 0.15) is 5.75 Å². The van der Waals surface area contributed by atoms with Gasteiger partial charge < -0.3 is 10.5 Å². The van der Waals surface area contributed by atoms with E-state index >= 15 is 0 Å². The molecular weight excluding hydrogens is 300 g/mol. The molecule has 2 N–H and O–H groups in total. The second-order valence-electron chi connectivity index (χ2n) is 3.05. The van der Waals surface area contributed by atoms with Crippen LogP contribution in [0.5, 0.6) is 5.75 Å².